The Morgan fingerprint density at radius 3 is 2.67 bits per heavy atom. The molecule has 0 heterocycles. The van der Waals surface area contributed by atoms with Gasteiger partial charge in [-0.3, -0.25) is 0 Å². The van der Waals surface area contributed by atoms with Crippen molar-refractivity contribution < 1.29 is 9.22 Å². The van der Waals surface area contributed by atoms with Crippen molar-refractivity contribution in [2.75, 3.05) is 0 Å². The Bertz CT molecular complexity index is 140. The summed E-state index contributed by atoms with van der Waals surface area (Å²) in [6, 6.07) is 0. The van der Waals surface area contributed by atoms with E-state index in [4.69, 9.17) is 0 Å². The van der Waals surface area contributed by atoms with E-state index in [0.717, 1.165) is 0 Å². The van der Waals surface area contributed by atoms with Gasteiger partial charge in [0.25, 0.3) is 0 Å². The fourth-order valence-electron chi connectivity index (χ4n) is 0.330. The number of rotatable bonds is 3. The molecule has 0 bridgehead atoms. The molecule has 9 heavy (non-hydrogen) atoms. The SMILES string of the molecule is C=CCC(=C)C(=O)O[Si]. The molecule has 0 aliphatic rings. The van der Waals surface area contributed by atoms with E-state index >= 15 is 0 Å². The first-order valence-corrected chi connectivity index (χ1v) is 2.79. The Morgan fingerprint density at radius 2 is 2.33 bits per heavy atom. The van der Waals surface area contributed by atoms with Crippen LogP contribution in [0.3, 0.4) is 0 Å². The molecule has 0 fully saturated rings. The Hall–Kier alpha value is -0.833. The molecule has 0 aromatic rings. The summed E-state index contributed by atoms with van der Waals surface area (Å²) in [4.78, 5) is 10.5. The highest BCUT2D eigenvalue weighted by Crippen LogP contribution is 1.98. The van der Waals surface area contributed by atoms with Gasteiger partial charge in [-0.05, 0) is 6.42 Å². The van der Waals surface area contributed by atoms with Crippen LogP contribution >= 0.6 is 0 Å². The van der Waals surface area contributed by atoms with Crippen molar-refractivity contribution in [1.29, 1.82) is 0 Å². The van der Waals surface area contributed by atoms with Crippen LogP contribution in [-0.4, -0.2) is 16.5 Å². The van der Waals surface area contributed by atoms with Crippen LogP contribution < -0.4 is 0 Å². The molecule has 0 rings (SSSR count). The summed E-state index contributed by atoms with van der Waals surface area (Å²) < 4.78 is 4.18. The molecule has 47 valence electrons. The average Bonchev–Trinajstić information content (AvgIpc) is 1.87. The topological polar surface area (TPSA) is 26.3 Å². The van der Waals surface area contributed by atoms with Gasteiger partial charge in [-0.15, -0.1) is 6.58 Å². The molecule has 0 saturated carbocycles. The molecule has 0 aromatic heterocycles. The molecule has 0 unspecified atom stereocenters. The maximum Gasteiger partial charge on any atom is 0.345 e. The third-order valence-corrected chi connectivity index (χ3v) is 0.958. The lowest BCUT2D eigenvalue weighted by atomic mass is 10.2. The summed E-state index contributed by atoms with van der Waals surface area (Å²) in [5.41, 5.74) is 0.389. The summed E-state index contributed by atoms with van der Waals surface area (Å²) in [5, 5.41) is 0. The van der Waals surface area contributed by atoms with E-state index in [2.05, 4.69) is 28.1 Å². The van der Waals surface area contributed by atoms with E-state index in [-0.39, 0.29) is 0 Å². The second-order valence-corrected chi connectivity index (χ2v) is 1.69. The summed E-state index contributed by atoms with van der Waals surface area (Å²) in [6.07, 6.45) is 2.05. The van der Waals surface area contributed by atoms with Gasteiger partial charge in [-0.2, -0.15) is 0 Å². The molecule has 0 spiro atoms. The summed E-state index contributed by atoms with van der Waals surface area (Å²) in [7, 11) is 2.59. The lowest BCUT2D eigenvalue weighted by Gasteiger charge is -1.96. The van der Waals surface area contributed by atoms with Gasteiger partial charge in [-0.1, -0.05) is 12.7 Å². The minimum atomic E-state index is -0.452. The van der Waals surface area contributed by atoms with E-state index in [0.29, 0.717) is 12.0 Å². The summed E-state index contributed by atoms with van der Waals surface area (Å²) in [5.74, 6) is -0.452. The zero-order chi connectivity index (χ0) is 7.28. The highest BCUT2D eigenvalue weighted by Gasteiger charge is 2.01. The van der Waals surface area contributed by atoms with Crippen LogP contribution in [0.5, 0.6) is 0 Å². The van der Waals surface area contributed by atoms with Crippen molar-refractivity contribution in [2.45, 2.75) is 6.42 Å². The first-order chi connectivity index (χ1) is 4.22. The smallest absolute Gasteiger partial charge is 0.345 e. The quantitative estimate of drug-likeness (QED) is 0.327. The van der Waals surface area contributed by atoms with Gasteiger partial charge in [0, 0.05) is 5.57 Å². The molecule has 2 nitrogen and oxygen atoms in total. The Labute approximate surface area is 57.8 Å². The molecule has 0 amide bonds. The van der Waals surface area contributed by atoms with Crippen LogP contribution in [0, 0.1) is 0 Å². The second kappa shape index (κ2) is 4.09. The van der Waals surface area contributed by atoms with E-state index in [1.165, 1.54) is 0 Å². The monoisotopic (exact) mass is 139 g/mol. The number of allylic oxidation sites excluding steroid dienone is 1. The number of hydrogen-bond acceptors (Lipinski definition) is 2. The minimum absolute atomic E-state index is 0.389. The van der Waals surface area contributed by atoms with Crippen molar-refractivity contribution in [1.82, 2.24) is 0 Å². The fourth-order valence-corrected chi connectivity index (χ4v) is 0.474. The van der Waals surface area contributed by atoms with Crippen molar-refractivity contribution in [3.8, 4) is 0 Å². The third-order valence-electron chi connectivity index (χ3n) is 0.772. The fraction of sp³-hybridized carbons (Fsp3) is 0.167. The standard InChI is InChI=1S/C6H7O2Si/c1-3-4-5(2)6(7)8-9/h3H,1-2,4H2. The average molecular weight is 139 g/mol. The molecular weight excluding hydrogens is 132 g/mol. The van der Waals surface area contributed by atoms with Crippen molar-refractivity contribution in [3.63, 3.8) is 0 Å². The largest absolute Gasteiger partial charge is 0.513 e. The normalized spacial score (nSPS) is 8.11. The van der Waals surface area contributed by atoms with Gasteiger partial charge in [0.05, 0.1) is 0 Å². The van der Waals surface area contributed by atoms with E-state index < -0.39 is 5.97 Å². The molecule has 0 atom stereocenters. The molecule has 3 heteroatoms. The summed E-state index contributed by atoms with van der Waals surface area (Å²) in [6.45, 7) is 6.87. The Kier molecular flexibility index (Phi) is 3.71. The molecular formula is C6H7O2Si. The third kappa shape index (κ3) is 2.87. The number of hydrogen-bond donors (Lipinski definition) is 0. The van der Waals surface area contributed by atoms with Gasteiger partial charge in [0.2, 0.25) is 0 Å². The van der Waals surface area contributed by atoms with Crippen LogP contribution in [0.15, 0.2) is 24.8 Å². The van der Waals surface area contributed by atoms with Crippen molar-refractivity contribution in [2.24, 2.45) is 0 Å². The van der Waals surface area contributed by atoms with Gasteiger partial charge in [0.15, 0.2) is 0 Å². The van der Waals surface area contributed by atoms with Crippen LogP contribution in [0.25, 0.3) is 0 Å². The predicted octanol–water partition coefficient (Wildman–Crippen LogP) is 0.745. The zero-order valence-electron chi connectivity index (χ0n) is 5.02. The zero-order valence-corrected chi connectivity index (χ0v) is 6.02. The molecule has 0 N–H and O–H groups in total. The maximum atomic E-state index is 10.5. The van der Waals surface area contributed by atoms with E-state index in [1.54, 1.807) is 6.08 Å². The molecule has 3 radical (unpaired) electrons. The van der Waals surface area contributed by atoms with Gasteiger partial charge in [-0.25, -0.2) is 4.79 Å². The molecule has 0 aromatic carbocycles. The Balaban J connectivity index is 3.73. The van der Waals surface area contributed by atoms with Gasteiger partial charge < -0.3 is 4.43 Å². The minimum Gasteiger partial charge on any atom is -0.513 e. The number of carbonyl (C=O) groups excluding carboxylic acids is 1. The lowest BCUT2D eigenvalue weighted by molar-refractivity contribution is -0.129. The predicted molar refractivity (Wildman–Crippen MR) is 35.8 cm³/mol. The number of carbonyl (C=O) groups is 1. The van der Waals surface area contributed by atoms with E-state index in [9.17, 15) is 4.79 Å². The van der Waals surface area contributed by atoms with Gasteiger partial charge >= 0.3 is 16.5 Å². The molecule has 0 saturated heterocycles. The second-order valence-electron chi connectivity index (χ2n) is 1.49. The maximum absolute atomic E-state index is 10.5. The van der Waals surface area contributed by atoms with Crippen LogP contribution in [-0.2, 0) is 9.22 Å². The molecule has 0 aliphatic heterocycles. The highest BCUT2D eigenvalue weighted by atomic mass is 28.2. The summed E-state index contributed by atoms with van der Waals surface area (Å²) >= 11 is 0. The van der Waals surface area contributed by atoms with E-state index in [1.807, 2.05) is 0 Å². The van der Waals surface area contributed by atoms with Crippen molar-refractivity contribution >= 4 is 16.5 Å². The first kappa shape index (κ1) is 8.17. The molecule has 0 aliphatic carbocycles. The van der Waals surface area contributed by atoms with Crippen LogP contribution in [0.4, 0.5) is 0 Å². The van der Waals surface area contributed by atoms with Gasteiger partial charge in [0.1, 0.15) is 0 Å². The van der Waals surface area contributed by atoms with Crippen molar-refractivity contribution in [3.05, 3.63) is 24.8 Å². The highest BCUT2D eigenvalue weighted by molar-refractivity contribution is 6.09. The lowest BCUT2D eigenvalue weighted by Crippen LogP contribution is -2.03. The van der Waals surface area contributed by atoms with Crippen LogP contribution in [0.2, 0.25) is 0 Å². The first-order valence-electron chi connectivity index (χ1n) is 2.39. The Morgan fingerprint density at radius 1 is 1.78 bits per heavy atom. The van der Waals surface area contributed by atoms with Crippen LogP contribution in [0.1, 0.15) is 6.42 Å².